The van der Waals surface area contributed by atoms with E-state index in [-0.39, 0.29) is 22.8 Å². The predicted octanol–water partition coefficient (Wildman–Crippen LogP) is 6.59. The van der Waals surface area contributed by atoms with Gasteiger partial charge in [-0.1, -0.05) is 54.1 Å². The number of carboxylic acids is 1. The molecular weight excluding hydrogens is 533 g/mol. The smallest absolute Gasteiger partial charge is 0.336 e. The summed E-state index contributed by atoms with van der Waals surface area (Å²) in [5.74, 6) is -1.54. The maximum atomic E-state index is 14.3. The number of hydrogen-bond acceptors (Lipinski definition) is 4. The molecule has 0 bridgehead atoms. The number of halogens is 2. The van der Waals surface area contributed by atoms with Crippen molar-refractivity contribution in [1.82, 2.24) is 14.9 Å². The molecule has 7 nitrogen and oxygen atoms in total. The molecule has 0 unspecified atom stereocenters. The van der Waals surface area contributed by atoms with Crippen LogP contribution in [0.25, 0.3) is 33.5 Å². The van der Waals surface area contributed by atoms with E-state index in [1.54, 1.807) is 35.2 Å². The molecule has 0 radical (unpaired) electrons. The van der Waals surface area contributed by atoms with Gasteiger partial charge in [-0.3, -0.25) is 4.79 Å². The highest BCUT2D eigenvalue weighted by Gasteiger charge is 2.25. The molecule has 0 aliphatic carbocycles. The third kappa shape index (κ3) is 4.46. The minimum atomic E-state index is -1.20. The van der Waals surface area contributed by atoms with Gasteiger partial charge in [0.1, 0.15) is 5.82 Å². The molecule has 0 fully saturated rings. The summed E-state index contributed by atoms with van der Waals surface area (Å²) in [7, 11) is 1.37. The summed E-state index contributed by atoms with van der Waals surface area (Å²) in [6.07, 6.45) is 0.738. The third-order valence-electron chi connectivity index (χ3n) is 7.21. The first-order chi connectivity index (χ1) is 19.3. The van der Waals surface area contributed by atoms with Crippen molar-refractivity contribution < 1.29 is 23.8 Å². The van der Waals surface area contributed by atoms with Crippen LogP contribution in [-0.2, 0) is 13.0 Å². The van der Waals surface area contributed by atoms with Crippen LogP contribution in [0, 0.1) is 5.82 Å². The average Bonchev–Trinajstić information content (AvgIpc) is 3.38. The molecule has 1 amide bonds. The van der Waals surface area contributed by atoms with Gasteiger partial charge in [0, 0.05) is 46.9 Å². The van der Waals surface area contributed by atoms with Crippen LogP contribution in [0.3, 0.4) is 0 Å². The Labute approximate surface area is 233 Å². The number of rotatable bonds is 5. The molecular formula is C31H23ClFN3O4. The van der Waals surface area contributed by atoms with E-state index in [1.807, 2.05) is 18.2 Å². The molecule has 2 N–H and O–H groups in total. The van der Waals surface area contributed by atoms with Gasteiger partial charge in [0.05, 0.1) is 23.7 Å². The van der Waals surface area contributed by atoms with E-state index < -0.39 is 11.8 Å². The van der Waals surface area contributed by atoms with Gasteiger partial charge in [-0.2, -0.15) is 0 Å². The number of aromatic carboxylic acids is 1. The Morgan fingerprint density at radius 3 is 2.60 bits per heavy atom. The molecule has 9 heteroatoms. The second-order valence-corrected chi connectivity index (χ2v) is 9.97. The lowest BCUT2D eigenvalue weighted by Crippen LogP contribution is -2.36. The van der Waals surface area contributed by atoms with E-state index in [9.17, 15) is 19.1 Å². The summed E-state index contributed by atoms with van der Waals surface area (Å²) < 4.78 is 19.4. The van der Waals surface area contributed by atoms with Crippen molar-refractivity contribution in [2.45, 2.75) is 13.0 Å². The standard InChI is InChI=1S/C31H23ClFN3O4/c1-40-27-15-26-25(14-24(27)33)34-29(35-26)21-7-4-8-23(32)28(21)20-10-9-18(13-22(20)31(38)39)30(37)36-12-11-17-5-2-3-6-19(17)16-36/h2-10,13-15H,11-12,16H2,1H3,(H,34,35)(H,38,39). The Hall–Kier alpha value is -4.69. The number of benzene rings is 4. The van der Waals surface area contributed by atoms with Crippen LogP contribution in [0.5, 0.6) is 5.75 Å². The molecule has 1 aliphatic rings. The fraction of sp³-hybridized carbons (Fsp3) is 0.129. The Bertz CT molecular complexity index is 1820. The zero-order valence-corrected chi connectivity index (χ0v) is 22.1. The van der Waals surface area contributed by atoms with Gasteiger partial charge in [0.25, 0.3) is 5.91 Å². The molecule has 1 aliphatic heterocycles. The Morgan fingerprint density at radius 2 is 1.82 bits per heavy atom. The Morgan fingerprint density at radius 1 is 1.02 bits per heavy atom. The molecule has 40 heavy (non-hydrogen) atoms. The largest absolute Gasteiger partial charge is 0.494 e. The number of hydrogen-bond donors (Lipinski definition) is 2. The van der Waals surface area contributed by atoms with Crippen LogP contribution in [0.2, 0.25) is 5.02 Å². The number of carbonyl (C=O) groups excluding carboxylic acids is 1. The zero-order valence-electron chi connectivity index (χ0n) is 21.4. The number of carboxylic acid groups (broad SMARTS) is 1. The number of fused-ring (bicyclic) bond motifs is 2. The summed E-state index contributed by atoms with van der Waals surface area (Å²) in [4.78, 5) is 35.3. The van der Waals surface area contributed by atoms with Crippen LogP contribution in [-0.4, -0.2) is 45.5 Å². The number of ether oxygens (including phenoxy) is 1. The monoisotopic (exact) mass is 555 g/mol. The molecule has 200 valence electrons. The van der Waals surface area contributed by atoms with Gasteiger partial charge in [-0.25, -0.2) is 14.2 Å². The first kappa shape index (κ1) is 25.6. The summed E-state index contributed by atoms with van der Waals surface area (Å²) in [6, 6.07) is 20.5. The minimum absolute atomic E-state index is 0.0579. The van der Waals surface area contributed by atoms with Crippen molar-refractivity contribution in [2.24, 2.45) is 0 Å². The van der Waals surface area contributed by atoms with Crippen LogP contribution in [0.15, 0.2) is 72.8 Å². The summed E-state index contributed by atoms with van der Waals surface area (Å²) in [5.41, 5.74) is 4.71. The number of nitrogens with zero attached hydrogens (tertiary/aromatic N) is 2. The van der Waals surface area contributed by atoms with Crippen LogP contribution >= 0.6 is 11.6 Å². The van der Waals surface area contributed by atoms with Crippen molar-refractivity contribution in [1.29, 1.82) is 0 Å². The Balaban J connectivity index is 1.42. The van der Waals surface area contributed by atoms with E-state index in [0.717, 1.165) is 12.0 Å². The highest BCUT2D eigenvalue weighted by atomic mass is 35.5. The van der Waals surface area contributed by atoms with Gasteiger partial charge < -0.3 is 19.7 Å². The van der Waals surface area contributed by atoms with Gasteiger partial charge in [0.15, 0.2) is 11.6 Å². The Kier molecular flexibility index (Phi) is 6.48. The fourth-order valence-electron chi connectivity index (χ4n) is 5.21. The number of amides is 1. The lowest BCUT2D eigenvalue weighted by Gasteiger charge is -2.29. The molecule has 0 spiro atoms. The quantitative estimate of drug-likeness (QED) is 0.255. The van der Waals surface area contributed by atoms with Gasteiger partial charge in [0.2, 0.25) is 0 Å². The van der Waals surface area contributed by atoms with Crippen LogP contribution < -0.4 is 4.74 Å². The molecule has 0 atom stereocenters. The maximum Gasteiger partial charge on any atom is 0.336 e. The average molecular weight is 556 g/mol. The van der Waals surface area contributed by atoms with E-state index >= 15 is 0 Å². The lowest BCUT2D eigenvalue weighted by atomic mass is 9.92. The van der Waals surface area contributed by atoms with Crippen molar-refractivity contribution in [3.8, 4) is 28.3 Å². The first-order valence-electron chi connectivity index (χ1n) is 12.6. The molecule has 1 aromatic heterocycles. The van der Waals surface area contributed by atoms with Crippen molar-refractivity contribution >= 4 is 34.5 Å². The van der Waals surface area contributed by atoms with Crippen LogP contribution in [0.4, 0.5) is 4.39 Å². The third-order valence-corrected chi connectivity index (χ3v) is 7.52. The van der Waals surface area contributed by atoms with Crippen molar-refractivity contribution in [3.05, 3.63) is 106 Å². The summed E-state index contributed by atoms with van der Waals surface area (Å²) in [5, 5.41) is 10.5. The van der Waals surface area contributed by atoms with E-state index in [4.69, 9.17) is 16.3 Å². The summed E-state index contributed by atoms with van der Waals surface area (Å²) >= 11 is 6.64. The van der Waals surface area contributed by atoms with Crippen LogP contribution in [0.1, 0.15) is 31.8 Å². The highest BCUT2D eigenvalue weighted by molar-refractivity contribution is 6.34. The molecule has 2 heterocycles. The van der Waals surface area contributed by atoms with Gasteiger partial charge in [-0.05, 0) is 41.3 Å². The van der Waals surface area contributed by atoms with Crippen molar-refractivity contribution in [3.63, 3.8) is 0 Å². The van der Waals surface area contributed by atoms with Gasteiger partial charge >= 0.3 is 5.97 Å². The molecule has 0 saturated heterocycles. The number of aromatic amines is 1. The van der Waals surface area contributed by atoms with Gasteiger partial charge in [-0.15, -0.1) is 0 Å². The summed E-state index contributed by atoms with van der Waals surface area (Å²) in [6.45, 7) is 1.01. The second-order valence-electron chi connectivity index (χ2n) is 9.56. The SMILES string of the molecule is COc1cc2nc(-c3cccc(Cl)c3-c3ccc(C(=O)N4CCc5ccccc5C4)cc3C(=O)O)[nH]c2cc1F. The number of H-pyrrole nitrogens is 1. The normalized spacial score (nSPS) is 12.8. The number of carbonyl (C=O) groups is 2. The van der Waals surface area contributed by atoms with E-state index in [2.05, 4.69) is 16.0 Å². The first-order valence-corrected chi connectivity index (χ1v) is 13.0. The topological polar surface area (TPSA) is 95.5 Å². The number of imidazole rings is 1. The molecule has 5 aromatic rings. The number of methoxy groups -OCH3 is 1. The molecule has 6 rings (SSSR count). The fourth-order valence-corrected chi connectivity index (χ4v) is 5.49. The predicted molar refractivity (Wildman–Crippen MR) is 150 cm³/mol. The minimum Gasteiger partial charge on any atom is -0.494 e. The second kappa shape index (κ2) is 10.1. The zero-order chi connectivity index (χ0) is 28.0. The lowest BCUT2D eigenvalue weighted by molar-refractivity contribution is 0.0697. The molecule has 0 saturated carbocycles. The van der Waals surface area contributed by atoms with E-state index in [1.165, 1.54) is 30.9 Å². The van der Waals surface area contributed by atoms with E-state index in [0.29, 0.717) is 51.7 Å². The highest BCUT2D eigenvalue weighted by Crippen LogP contribution is 2.40. The van der Waals surface area contributed by atoms with Crippen molar-refractivity contribution in [2.75, 3.05) is 13.7 Å². The molecule has 4 aromatic carbocycles. The number of aromatic nitrogens is 2. The number of nitrogens with one attached hydrogen (secondary N) is 1. The maximum absolute atomic E-state index is 14.3.